The molecule has 0 saturated heterocycles. The summed E-state index contributed by atoms with van der Waals surface area (Å²) in [6.07, 6.45) is 2.94. The van der Waals surface area contributed by atoms with Crippen molar-refractivity contribution in [3.8, 4) is 11.5 Å². The summed E-state index contributed by atoms with van der Waals surface area (Å²) >= 11 is 0. The summed E-state index contributed by atoms with van der Waals surface area (Å²) in [7, 11) is 0. The normalized spacial score (nSPS) is 12.3. The van der Waals surface area contributed by atoms with Crippen LogP contribution in [0, 0.1) is 5.82 Å². The Morgan fingerprint density at radius 1 is 0.909 bits per heavy atom. The average molecular weight is 444 g/mol. The van der Waals surface area contributed by atoms with Crippen LogP contribution in [0.3, 0.4) is 0 Å². The predicted molar refractivity (Wildman–Crippen MR) is 121 cm³/mol. The van der Waals surface area contributed by atoms with Gasteiger partial charge in [-0.3, -0.25) is 9.59 Å². The monoisotopic (exact) mass is 444 g/mol. The number of halogens is 1. The molecule has 4 aromatic rings. The van der Waals surface area contributed by atoms with E-state index in [1.54, 1.807) is 54.6 Å². The largest absolute Gasteiger partial charge is 0.454 e. The molecule has 1 aromatic heterocycles. The fourth-order valence-corrected chi connectivity index (χ4v) is 3.42. The minimum Gasteiger partial charge on any atom is -0.454 e. The third-order valence-corrected chi connectivity index (χ3v) is 5.00. The van der Waals surface area contributed by atoms with Gasteiger partial charge in [-0.25, -0.2) is 4.39 Å². The molecule has 1 aliphatic heterocycles. The number of amides is 2. The van der Waals surface area contributed by atoms with Crippen molar-refractivity contribution in [3.05, 3.63) is 89.9 Å². The van der Waals surface area contributed by atoms with Crippen LogP contribution in [-0.4, -0.2) is 18.6 Å². The van der Waals surface area contributed by atoms with Gasteiger partial charge in [0.2, 0.25) is 18.5 Å². The summed E-state index contributed by atoms with van der Waals surface area (Å²) in [4.78, 5) is 25.5. The number of furan rings is 1. The second kappa shape index (κ2) is 8.51. The van der Waals surface area contributed by atoms with E-state index in [-0.39, 0.29) is 23.9 Å². The van der Waals surface area contributed by atoms with Crippen molar-refractivity contribution in [2.45, 2.75) is 0 Å². The molecule has 0 saturated carbocycles. The van der Waals surface area contributed by atoms with E-state index < -0.39 is 17.6 Å². The lowest BCUT2D eigenvalue weighted by atomic mass is 10.2. The van der Waals surface area contributed by atoms with Crippen LogP contribution in [0.1, 0.15) is 16.1 Å². The molecule has 0 bridgehead atoms. The Morgan fingerprint density at radius 2 is 1.70 bits per heavy atom. The van der Waals surface area contributed by atoms with Gasteiger partial charge in [-0.1, -0.05) is 30.3 Å². The first kappa shape index (κ1) is 20.3. The van der Waals surface area contributed by atoms with Crippen molar-refractivity contribution in [2.24, 2.45) is 0 Å². The molecule has 0 atom stereocenters. The lowest BCUT2D eigenvalue weighted by Gasteiger charge is -2.07. The molecule has 7 nitrogen and oxygen atoms in total. The molecule has 2 amide bonds. The quantitative estimate of drug-likeness (QED) is 0.413. The minimum atomic E-state index is -0.689. The molecule has 0 radical (unpaired) electrons. The number of nitrogens with one attached hydrogen (secondary N) is 2. The Kier molecular flexibility index (Phi) is 5.24. The van der Waals surface area contributed by atoms with Crippen molar-refractivity contribution in [2.75, 3.05) is 17.4 Å². The van der Waals surface area contributed by atoms with Gasteiger partial charge in [0.25, 0.3) is 5.91 Å². The summed E-state index contributed by atoms with van der Waals surface area (Å²) in [5, 5.41) is 5.73. The molecular weight excluding hydrogens is 427 g/mol. The number of para-hydroxylation sites is 2. The van der Waals surface area contributed by atoms with Crippen LogP contribution in [0.5, 0.6) is 11.5 Å². The number of hydrogen-bond donors (Lipinski definition) is 2. The number of anilines is 2. The first-order valence-corrected chi connectivity index (χ1v) is 10.0. The number of carbonyl (C=O) groups excluding carboxylic acids is 2. The van der Waals surface area contributed by atoms with Crippen LogP contribution in [0.15, 0.2) is 77.2 Å². The van der Waals surface area contributed by atoms with E-state index in [4.69, 9.17) is 13.9 Å². The number of benzene rings is 3. The second-order valence-electron chi connectivity index (χ2n) is 7.17. The van der Waals surface area contributed by atoms with E-state index in [1.165, 1.54) is 24.3 Å². The average Bonchev–Trinajstić information content (AvgIpc) is 3.44. The molecule has 5 rings (SSSR count). The fourth-order valence-electron chi connectivity index (χ4n) is 3.42. The molecule has 3 aromatic carbocycles. The first-order valence-electron chi connectivity index (χ1n) is 10.0. The van der Waals surface area contributed by atoms with E-state index >= 15 is 0 Å². The van der Waals surface area contributed by atoms with Crippen LogP contribution in [0.4, 0.5) is 15.8 Å². The van der Waals surface area contributed by atoms with Gasteiger partial charge in [0.15, 0.2) is 11.5 Å². The molecule has 164 valence electrons. The van der Waals surface area contributed by atoms with Crippen molar-refractivity contribution >= 4 is 40.2 Å². The molecule has 0 unspecified atom stereocenters. The summed E-state index contributed by atoms with van der Waals surface area (Å²) in [5.74, 6) is -0.633. The number of ether oxygens (including phenoxy) is 2. The standard InChI is InChI=1S/C25H17FN2O5/c26-17-6-2-3-7-18(17)27-25(30)24-23(16-5-1-4-8-19(16)33-24)28-22(29)12-10-15-9-11-20-21(13-15)32-14-31-20/h1-13H,14H2,(H,27,30)(H,28,29)/b12-10-. The first-order chi connectivity index (χ1) is 16.1. The van der Waals surface area contributed by atoms with Gasteiger partial charge < -0.3 is 24.5 Å². The van der Waals surface area contributed by atoms with Gasteiger partial charge in [-0.2, -0.15) is 0 Å². The zero-order valence-corrected chi connectivity index (χ0v) is 17.1. The van der Waals surface area contributed by atoms with E-state index in [2.05, 4.69) is 10.6 Å². The molecule has 0 spiro atoms. The molecular formula is C25H17FN2O5. The van der Waals surface area contributed by atoms with E-state index in [9.17, 15) is 14.0 Å². The molecule has 33 heavy (non-hydrogen) atoms. The highest BCUT2D eigenvalue weighted by atomic mass is 19.1. The Bertz CT molecular complexity index is 1410. The van der Waals surface area contributed by atoms with Crippen LogP contribution in [0.2, 0.25) is 0 Å². The molecule has 2 N–H and O–H groups in total. The lowest BCUT2D eigenvalue weighted by molar-refractivity contribution is -0.111. The number of rotatable bonds is 5. The number of fused-ring (bicyclic) bond motifs is 2. The van der Waals surface area contributed by atoms with E-state index in [1.807, 2.05) is 0 Å². The van der Waals surface area contributed by atoms with Gasteiger partial charge in [0.1, 0.15) is 17.1 Å². The molecule has 1 aliphatic rings. The van der Waals surface area contributed by atoms with Crippen LogP contribution in [0.25, 0.3) is 17.0 Å². The van der Waals surface area contributed by atoms with Crippen LogP contribution < -0.4 is 20.1 Å². The second-order valence-corrected chi connectivity index (χ2v) is 7.17. The topological polar surface area (TPSA) is 89.8 Å². The lowest BCUT2D eigenvalue weighted by Crippen LogP contribution is -2.16. The summed E-state index contributed by atoms with van der Waals surface area (Å²) in [5.41, 5.74) is 1.35. The highest BCUT2D eigenvalue weighted by molar-refractivity contribution is 6.16. The Hall–Kier alpha value is -4.59. The highest BCUT2D eigenvalue weighted by Gasteiger charge is 2.22. The molecule has 8 heteroatoms. The van der Waals surface area contributed by atoms with Crippen molar-refractivity contribution in [1.29, 1.82) is 0 Å². The Labute approximate surface area is 187 Å². The third-order valence-electron chi connectivity index (χ3n) is 5.00. The predicted octanol–water partition coefficient (Wildman–Crippen LogP) is 5.20. The smallest absolute Gasteiger partial charge is 0.293 e. The minimum absolute atomic E-state index is 0.00272. The molecule has 0 aliphatic carbocycles. The van der Waals surface area contributed by atoms with Crippen LogP contribution >= 0.6 is 0 Å². The fraction of sp³-hybridized carbons (Fsp3) is 0.0400. The summed E-state index contributed by atoms with van der Waals surface area (Å²) in [6.45, 7) is 0.161. The van der Waals surface area contributed by atoms with Crippen molar-refractivity contribution < 1.29 is 27.9 Å². The van der Waals surface area contributed by atoms with Crippen LogP contribution in [-0.2, 0) is 4.79 Å². The highest BCUT2D eigenvalue weighted by Crippen LogP contribution is 2.33. The van der Waals surface area contributed by atoms with E-state index in [0.29, 0.717) is 22.5 Å². The summed E-state index contributed by atoms with van der Waals surface area (Å²) in [6, 6.07) is 18.0. The van der Waals surface area contributed by atoms with Gasteiger partial charge >= 0.3 is 0 Å². The van der Waals surface area contributed by atoms with Gasteiger partial charge in [0.05, 0.1) is 5.69 Å². The summed E-state index contributed by atoms with van der Waals surface area (Å²) < 4.78 is 30.3. The maximum atomic E-state index is 14.0. The van der Waals surface area contributed by atoms with Gasteiger partial charge in [-0.05, 0) is 48.0 Å². The zero-order chi connectivity index (χ0) is 22.8. The van der Waals surface area contributed by atoms with Crippen molar-refractivity contribution in [3.63, 3.8) is 0 Å². The Balaban J connectivity index is 1.40. The van der Waals surface area contributed by atoms with Gasteiger partial charge in [0, 0.05) is 11.5 Å². The number of carbonyl (C=O) groups is 2. The maximum Gasteiger partial charge on any atom is 0.293 e. The van der Waals surface area contributed by atoms with E-state index in [0.717, 1.165) is 5.56 Å². The van der Waals surface area contributed by atoms with Crippen molar-refractivity contribution in [1.82, 2.24) is 0 Å². The van der Waals surface area contributed by atoms with Gasteiger partial charge in [-0.15, -0.1) is 0 Å². The maximum absolute atomic E-state index is 14.0. The molecule has 2 heterocycles. The Morgan fingerprint density at radius 3 is 2.58 bits per heavy atom. The zero-order valence-electron chi connectivity index (χ0n) is 17.1. The SMILES string of the molecule is O=C(/C=C\c1ccc2c(c1)OCO2)Nc1c(C(=O)Nc2ccccc2F)oc2ccccc12. The number of hydrogen-bond acceptors (Lipinski definition) is 5. The third kappa shape index (κ3) is 4.14. The molecule has 0 fully saturated rings.